The van der Waals surface area contributed by atoms with Gasteiger partial charge in [-0.3, -0.25) is 25.1 Å². The molecular formula is C54H79N7O10. The van der Waals surface area contributed by atoms with Crippen LogP contribution in [0.25, 0.3) is 11.1 Å². The summed E-state index contributed by atoms with van der Waals surface area (Å²) in [6.07, 6.45) is -0.161. The van der Waals surface area contributed by atoms with E-state index in [0.717, 1.165) is 24.8 Å². The molecule has 1 heterocycles. The highest BCUT2D eigenvalue weighted by molar-refractivity contribution is 6.03. The Bertz CT molecular complexity index is 2280. The van der Waals surface area contributed by atoms with Gasteiger partial charge in [-0.1, -0.05) is 75.7 Å². The first-order valence-corrected chi connectivity index (χ1v) is 24.8. The number of carbonyl (C=O) groups excluding carboxylic acids is 4. The summed E-state index contributed by atoms with van der Waals surface area (Å²) < 4.78 is 17.2. The molecule has 17 nitrogen and oxygen atoms in total. The number of hydrogen-bond donors (Lipinski definition) is 6. The van der Waals surface area contributed by atoms with Gasteiger partial charge in [0, 0.05) is 41.2 Å². The van der Waals surface area contributed by atoms with Crippen LogP contribution in [0.1, 0.15) is 110 Å². The maximum Gasteiger partial charge on any atom is 0.414 e. The third kappa shape index (κ3) is 16.2. The van der Waals surface area contributed by atoms with Crippen molar-refractivity contribution >= 4 is 35.6 Å². The number of benzene rings is 3. The van der Waals surface area contributed by atoms with E-state index in [0.29, 0.717) is 47.2 Å². The molecule has 17 heteroatoms. The van der Waals surface area contributed by atoms with Crippen LogP contribution in [0.3, 0.4) is 0 Å². The molecule has 390 valence electrons. The molecule has 3 aromatic carbocycles. The number of methoxy groups -OCH3 is 1. The second kappa shape index (κ2) is 24.7. The van der Waals surface area contributed by atoms with E-state index in [1.807, 2.05) is 67.5 Å². The van der Waals surface area contributed by atoms with E-state index in [1.165, 1.54) is 12.2 Å². The van der Waals surface area contributed by atoms with Crippen molar-refractivity contribution in [3.8, 4) is 16.9 Å². The normalized spacial score (nSPS) is 21.5. The van der Waals surface area contributed by atoms with E-state index >= 15 is 0 Å². The van der Waals surface area contributed by atoms with Crippen LogP contribution in [0.2, 0.25) is 0 Å². The molecule has 3 aromatic rings. The molecule has 6 N–H and O–H groups in total. The van der Waals surface area contributed by atoms with Gasteiger partial charge in [0.2, 0.25) is 11.9 Å². The predicted molar refractivity (Wildman–Crippen MR) is 274 cm³/mol. The molecule has 1 saturated carbocycles. The van der Waals surface area contributed by atoms with Crippen LogP contribution in [0.15, 0.2) is 71.7 Å². The molecule has 8 atom stereocenters. The molecule has 1 aliphatic carbocycles. The highest BCUT2D eigenvalue weighted by Gasteiger charge is 2.50. The third-order valence-electron chi connectivity index (χ3n) is 12.8. The molecule has 2 fully saturated rings. The number of aliphatic hydroxyl groups excluding tert-OH is 2. The number of likely N-dealkylation sites (N-methyl/N-ethyl adjacent to an activating group) is 1. The fourth-order valence-corrected chi connectivity index (χ4v) is 9.78. The first-order valence-electron chi connectivity index (χ1n) is 24.8. The molecule has 1 saturated heterocycles. The Morgan fingerprint density at radius 2 is 1.55 bits per heavy atom. The molecule has 1 aliphatic heterocycles. The van der Waals surface area contributed by atoms with Crippen LogP contribution in [-0.4, -0.2) is 126 Å². The Morgan fingerprint density at radius 1 is 0.901 bits per heavy atom. The van der Waals surface area contributed by atoms with Gasteiger partial charge in [-0.05, 0) is 129 Å². The number of guanidine groups is 1. The number of nitrogens with one attached hydrogen (secondary N) is 4. The SMILES string of the molecule is COc1c(CN2O[C@@H](CO)[C@@H]([C@H](C)O)[C@H]2C(=O)N[C@H]2CCC[C@H](C(C)C)[C@@H]2C)cccc1-c1cc(N=C(NC(=O)OC(C)(C)C)NC(=O)OC(C)(C)C)cc(C(=O)N[C@@H](Cc2ccccc2)CN(C)C)c1. The number of alkyl carbamates (subject to hydrolysis) is 2. The second-order valence-corrected chi connectivity index (χ2v) is 21.6. The molecule has 0 bridgehead atoms. The first kappa shape index (κ1) is 56.3. The van der Waals surface area contributed by atoms with Gasteiger partial charge in [0.05, 0.1) is 32.1 Å². The number of rotatable bonds is 16. The van der Waals surface area contributed by atoms with Crippen LogP contribution in [-0.2, 0) is 32.1 Å². The molecular weight excluding hydrogens is 907 g/mol. The lowest BCUT2D eigenvalue weighted by Crippen LogP contribution is -2.54. The highest BCUT2D eigenvalue weighted by atomic mass is 16.7. The maximum atomic E-state index is 14.5. The Hall–Kier alpha value is -5.59. The number of para-hydroxylation sites is 1. The van der Waals surface area contributed by atoms with E-state index in [2.05, 4.69) is 47.0 Å². The number of hydroxylamine groups is 2. The van der Waals surface area contributed by atoms with E-state index in [4.69, 9.17) is 19.0 Å². The molecule has 0 unspecified atom stereocenters. The molecule has 0 aromatic heterocycles. The van der Waals surface area contributed by atoms with E-state index in [9.17, 15) is 29.4 Å². The zero-order valence-electron chi connectivity index (χ0n) is 44.0. The lowest BCUT2D eigenvalue weighted by molar-refractivity contribution is -0.182. The minimum atomic E-state index is -0.995. The quantitative estimate of drug-likeness (QED) is 0.0615. The average Bonchev–Trinajstić information content (AvgIpc) is 3.64. The summed E-state index contributed by atoms with van der Waals surface area (Å²) >= 11 is 0. The third-order valence-corrected chi connectivity index (χ3v) is 12.8. The molecule has 71 heavy (non-hydrogen) atoms. The minimum Gasteiger partial charge on any atom is -0.496 e. The number of nitrogens with zero attached hydrogens (tertiary/aromatic N) is 3. The largest absolute Gasteiger partial charge is 0.496 e. The van der Waals surface area contributed by atoms with Gasteiger partial charge in [0.1, 0.15) is 29.1 Å². The summed E-state index contributed by atoms with van der Waals surface area (Å²) in [6, 6.07) is 18.9. The average molecular weight is 986 g/mol. The van der Waals surface area contributed by atoms with Crippen molar-refractivity contribution in [3.63, 3.8) is 0 Å². The summed E-state index contributed by atoms with van der Waals surface area (Å²) in [5.41, 5.74) is 1.26. The molecule has 5 rings (SSSR count). The Morgan fingerprint density at radius 3 is 2.11 bits per heavy atom. The fraction of sp³-hybridized carbons (Fsp3) is 0.574. The fourth-order valence-electron chi connectivity index (χ4n) is 9.78. The zero-order chi connectivity index (χ0) is 52.4. The van der Waals surface area contributed by atoms with Gasteiger partial charge in [0.25, 0.3) is 5.91 Å². The Balaban J connectivity index is 1.60. The lowest BCUT2D eigenvalue weighted by Gasteiger charge is -2.39. The summed E-state index contributed by atoms with van der Waals surface area (Å²) in [5, 5.41) is 34.8. The number of aliphatic hydroxyl groups is 2. The predicted octanol–water partition coefficient (Wildman–Crippen LogP) is 7.35. The lowest BCUT2D eigenvalue weighted by atomic mass is 9.71. The van der Waals surface area contributed by atoms with Gasteiger partial charge >= 0.3 is 12.2 Å². The highest BCUT2D eigenvalue weighted by Crippen LogP contribution is 2.40. The molecule has 0 spiro atoms. The molecule has 4 amide bonds. The van der Waals surface area contributed by atoms with Gasteiger partial charge < -0.3 is 40.0 Å². The van der Waals surface area contributed by atoms with Crippen molar-refractivity contribution < 1.29 is 48.4 Å². The van der Waals surface area contributed by atoms with E-state index < -0.39 is 60.1 Å². The maximum absolute atomic E-state index is 14.5. The summed E-state index contributed by atoms with van der Waals surface area (Å²) in [6.45, 7) is 18.5. The van der Waals surface area contributed by atoms with E-state index in [1.54, 1.807) is 66.7 Å². The van der Waals surface area contributed by atoms with Crippen molar-refractivity contribution in [2.45, 2.75) is 143 Å². The van der Waals surface area contributed by atoms with Crippen molar-refractivity contribution in [1.82, 2.24) is 31.2 Å². The Kier molecular flexibility index (Phi) is 19.6. The minimum absolute atomic E-state index is 0.0182. The van der Waals surface area contributed by atoms with Crippen molar-refractivity contribution in [3.05, 3.63) is 83.4 Å². The zero-order valence-corrected chi connectivity index (χ0v) is 44.0. The number of amides is 4. The molecule has 0 radical (unpaired) electrons. The van der Waals surface area contributed by atoms with Crippen LogP contribution < -0.4 is 26.0 Å². The smallest absolute Gasteiger partial charge is 0.414 e. The second-order valence-electron chi connectivity index (χ2n) is 21.6. The number of carbonyl (C=O) groups is 4. The summed E-state index contributed by atoms with van der Waals surface area (Å²) in [4.78, 5) is 68.4. The van der Waals surface area contributed by atoms with Crippen LogP contribution in [0, 0.1) is 23.7 Å². The topological polar surface area (TPSA) is 213 Å². The van der Waals surface area contributed by atoms with Crippen molar-refractivity contribution in [2.24, 2.45) is 28.7 Å². The van der Waals surface area contributed by atoms with Crippen LogP contribution in [0.5, 0.6) is 5.75 Å². The summed E-state index contributed by atoms with van der Waals surface area (Å²) in [5.74, 6) is -0.232. The van der Waals surface area contributed by atoms with Crippen LogP contribution >= 0.6 is 0 Å². The summed E-state index contributed by atoms with van der Waals surface area (Å²) in [7, 11) is 5.38. The molecule has 2 aliphatic rings. The Labute approximate surface area is 420 Å². The first-order chi connectivity index (χ1) is 33.4. The monoisotopic (exact) mass is 986 g/mol. The van der Waals surface area contributed by atoms with Gasteiger partial charge in [-0.15, -0.1) is 0 Å². The van der Waals surface area contributed by atoms with Crippen LogP contribution in [0.4, 0.5) is 15.3 Å². The van der Waals surface area contributed by atoms with Crippen molar-refractivity contribution in [2.75, 3.05) is 34.4 Å². The van der Waals surface area contributed by atoms with Crippen molar-refractivity contribution in [1.29, 1.82) is 0 Å². The van der Waals surface area contributed by atoms with Gasteiger partial charge in [-0.25, -0.2) is 14.6 Å². The number of hydrogen-bond acceptors (Lipinski definition) is 13. The van der Waals surface area contributed by atoms with Gasteiger partial charge in [0.15, 0.2) is 0 Å². The van der Waals surface area contributed by atoms with Gasteiger partial charge in [-0.2, -0.15) is 5.06 Å². The number of ether oxygens (including phenoxy) is 3. The number of aliphatic imine (C=N–C) groups is 1. The van der Waals surface area contributed by atoms with E-state index in [-0.39, 0.29) is 47.7 Å². The standard InChI is InChI=1S/C54H79N7O10/c1-32(2)41-22-18-24-43(33(41)3)57-49(65)46-45(34(4)63)44(31-62)71-61(46)29-36-21-17-23-42(47(36)68-13)37-26-38(48(64)55-40(30-60(11)12)25-35-19-15-14-16-20-35)28-39(27-37)56-50(58-51(66)69-53(5,6)7)59-52(67)70-54(8,9)10/h14-17,19-21,23,26-28,32-34,40-41,43-46,62-63H,18,22,24-25,29-31H2,1-13H3,(H,55,64)(H,57,65)(H2,56,58,59,66,67)/t33-,34-,40-,41+,43-,44-,45+,46-/m0/s1.